The SMILES string of the molecule is COc1cc(C(=O)N(C)CCOc2ccc(F)cc2)ccc1OC(F)F. The fourth-order valence-corrected chi connectivity index (χ4v) is 2.15. The summed E-state index contributed by atoms with van der Waals surface area (Å²) in [5, 5.41) is 0. The Bertz CT molecular complexity index is 738. The molecule has 0 spiro atoms. The van der Waals surface area contributed by atoms with Gasteiger partial charge >= 0.3 is 6.61 Å². The molecule has 2 aromatic rings. The number of hydrogen-bond acceptors (Lipinski definition) is 4. The molecule has 2 aromatic carbocycles. The molecule has 0 aliphatic rings. The molecule has 1 amide bonds. The van der Waals surface area contributed by atoms with Crippen molar-refractivity contribution >= 4 is 5.91 Å². The predicted octanol–water partition coefficient (Wildman–Crippen LogP) is 3.59. The lowest BCUT2D eigenvalue weighted by molar-refractivity contribution is -0.0512. The topological polar surface area (TPSA) is 48.0 Å². The Kier molecular flexibility index (Phi) is 6.71. The second kappa shape index (κ2) is 8.98. The van der Waals surface area contributed by atoms with E-state index >= 15 is 0 Å². The highest BCUT2D eigenvalue weighted by Crippen LogP contribution is 2.29. The Balaban J connectivity index is 1.95. The summed E-state index contributed by atoms with van der Waals surface area (Å²) in [7, 11) is 2.87. The van der Waals surface area contributed by atoms with Gasteiger partial charge in [-0.2, -0.15) is 8.78 Å². The van der Waals surface area contributed by atoms with E-state index in [1.165, 1.54) is 54.5 Å². The van der Waals surface area contributed by atoms with Crippen molar-refractivity contribution in [3.63, 3.8) is 0 Å². The van der Waals surface area contributed by atoms with Gasteiger partial charge in [-0.1, -0.05) is 0 Å². The summed E-state index contributed by atoms with van der Waals surface area (Å²) in [5.41, 5.74) is 0.257. The number of rotatable bonds is 8. The summed E-state index contributed by atoms with van der Waals surface area (Å²) < 4.78 is 52.2. The van der Waals surface area contributed by atoms with E-state index < -0.39 is 6.61 Å². The number of likely N-dealkylation sites (N-methyl/N-ethyl adjacent to an activating group) is 1. The van der Waals surface area contributed by atoms with Crippen molar-refractivity contribution in [1.29, 1.82) is 0 Å². The van der Waals surface area contributed by atoms with Crippen molar-refractivity contribution in [2.24, 2.45) is 0 Å². The number of methoxy groups -OCH3 is 1. The van der Waals surface area contributed by atoms with E-state index in [-0.39, 0.29) is 41.9 Å². The number of ether oxygens (including phenoxy) is 3. The Morgan fingerprint density at radius 2 is 1.81 bits per heavy atom. The van der Waals surface area contributed by atoms with Crippen LogP contribution in [0.1, 0.15) is 10.4 Å². The fraction of sp³-hybridized carbons (Fsp3) is 0.278. The quantitative estimate of drug-likeness (QED) is 0.714. The summed E-state index contributed by atoms with van der Waals surface area (Å²) >= 11 is 0. The van der Waals surface area contributed by atoms with Gasteiger partial charge in [0, 0.05) is 12.6 Å². The molecule has 5 nitrogen and oxygen atoms in total. The molecule has 0 aliphatic heterocycles. The lowest BCUT2D eigenvalue weighted by Crippen LogP contribution is -2.30. The van der Waals surface area contributed by atoms with E-state index in [2.05, 4.69) is 4.74 Å². The third-order valence-electron chi connectivity index (χ3n) is 3.48. The first-order chi connectivity index (χ1) is 12.4. The smallest absolute Gasteiger partial charge is 0.387 e. The molecule has 8 heteroatoms. The van der Waals surface area contributed by atoms with Crippen LogP contribution in [0.3, 0.4) is 0 Å². The molecule has 140 valence electrons. The molecule has 0 saturated heterocycles. The number of halogens is 3. The molecule has 2 rings (SSSR count). The normalized spacial score (nSPS) is 10.5. The number of alkyl halides is 2. The number of hydrogen-bond donors (Lipinski definition) is 0. The minimum absolute atomic E-state index is 0.0344. The molecule has 0 unspecified atom stereocenters. The molecule has 0 radical (unpaired) electrons. The Labute approximate surface area is 148 Å². The zero-order valence-electron chi connectivity index (χ0n) is 14.2. The van der Waals surface area contributed by atoms with Gasteiger partial charge in [0.2, 0.25) is 0 Å². The highest BCUT2D eigenvalue weighted by molar-refractivity contribution is 5.94. The number of amides is 1. The maximum Gasteiger partial charge on any atom is 0.387 e. The molecule has 0 saturated carbocycles. The minimum atomic E-state index is -2.99. The van der Waals surface area contributed by atoms with Gasteiger partial charge < -0.3 is 19.1 Å². The molecule has 0 atom stereocenters. The first-order valence-electron chi connectivity index (χ1n) is 7.67. The molecule has 0 bridgehead atoms. The lowest BCUT2D eigenvalue weighted by atomic mass is 10.1. The van der Waals surface area contributed by atoms with Gasteiger partial charge in [0.1, 0.15) is 18.2 Å². The van der Waals surface area contributed by atoms with E-state index in [1.54, 1.807) is 7.05 Å². The largest absolute Gasteiger partial charge is 0.493 e. The van der Waals surface area contributed by atoms with Crippen LogP contribution >= 0.6 is 0 Å². The number of carbonyl (C=O) groups is 1. The van der Waals surface area contributed by atoms with Gasteiger partial charge in [-0.05, 0) is 42.5 Å². The molecule has 26 heavy (non-hydrogen) atoms. The summed E-state index contributed by atoms with van der Waals surface area (Å²) in [6.07, 6.45) is 0. The third-order valence-corrected chi connectivity index (χ3v) is 3.48. The van der Waals surface area contributed by atoms with Crippen LogP contribution in [-0.2, 0) is 0 Å². The molecule has 0 fully saturated rings. The van der Waals surface area contributed by atoms with E-state index in [0.29, 0.717) is 5.75 Å². The van der Waals surface area contributed by atoms with Crippen LogP contribution in [-0.4, -0.2) is 44.7 Å². The Morgan fingerprint density at radius 3 is 2.42 bits per heavy atom. The van der Waals surface area contributed by atoms with Crippen molar-refractivity contribution in [2.75, 3.05) is 27.3 Å². The number of nitrogens with zero attached hydrogens (tertiary/aromatic N) is 1. The standard InChI is InChI=1S/C18H18F3NO4/c1-22(9-10-25-14-6-4-13(19)5-7-14)17(23)12-3-8-15(26-18(20)21)16(11-12)24-2/h3-8,11,18H,9-10H2,1-2H3. The van der Waals surface area contributed by atoms with Gasteiger partial charge in [-0.15, -0.1) is 0 Å². The lowest BCUT2D eigenvalue weighted by Gasteiger charge is -2.18. The van der Waals surface area contributed by atoms with Crippen LogP contribution in [0.25, 0.3) is 0 Å². The van der Waals surface area contributed by atoms with Gasteiger partial charge in [-0.3, -0.25) is 4.79 Å². The Morgan fingerprint density at radius 1 is 1.12 bits per heavy atom. The highest BCUT2D eigenvalue weighted by Gasteiger charge is 2.16. The molecule has 0 N–H and O–H groups in total. The van der Waals surface area contributed by atoms with Gasteiger partial charge in [0.25, 0.3) is 5.91 Å². The van der Waals surface area contributed by atoms with E-state index in [0.717, 1.165) is 0 Å². The van der Waals surface area contributed by atoms with Crippen molar-refractivity contribution in [1.82, 2.24) is 4.90 Å². The van der Waals surface area contributed by atoms with Crippen molar-refractivity contribution in [2.45, 2.75) is 6.61 Å². The van der Waals surface area contributed by atoms with E-state index in [1.807, 2.05) is 0 Å². The molecule has 0 aliphatic carbocycles. The van der Waals surface area contributed by atoms with Crippen LogP contribution in [0.5, 0.6) is 17.2 Å². The van der Waals surface area contributed by atoms with Crippen molar-refractivity contribution in [3.05, 3.63) is 53.8 Å². The van der Waals surface area contributed by atoms with Crippen molar-refractivity contribution in [3.8, 4) is 17.2 Å². The Hall–Kier alpha value is -2.90. The average molecular weight is 369 g/mol. The average Bonchev–Trinajstić information content (AvgIpc) is 2.62. The summed E-state index contributed by atoms with van der Waals surface area (Å²) in [4.78, 5) is 13.8. The van der Waals surface area contributed by atoms with Gasteiger partial charge in [0.15, 0.2) is 11.5 Å². The van der Waals surface area contributed by atoms with Crippen LogP contribution in [0.4, 0.5) is 13.2 Å². The van der Waals surface area contributed by atoms with Crippen LogP contribution in [0.15, 0.2) is 42.5 Å². The zero-order chi connectivity index (χ0) is 19.1. The van der Waals surface area contributed by atoms with E-state index in [9.17, 15) is 18.0 Å². The third kappa shape index (κ3) is 5.30. The maximum atomic E-state index is 12.8. The monoisotopic (exact) mass is 369 g/mol. The summed E-state index contributed by atoms with van der Waals surface area (Å²) in [5.74, 6) is -0.330. The van der Waals surface area contributed by atoms with E-state index in [4.69, 9.17) is 9.47 Å². The molecule has 0 aromatic heterocycles. The fourth-order valence-electron chi connectivity index (χ4n) is 2.15. The highest BCUT2D eigenvalue weighted by atomic mass is 19.3. The van der Waals surface area contributed by atoms with Gasteiger partial charge in [0.05, 0.1) is 13.7 Å². The maximum absolute atomic E-state index is 12.8. The van der Waals surface area contributed by atoms with Crippen LogP contribution in [0.2, 0.25) is 0 Å². The van der Waals surface area contributed by atoms with Crippen LogP contribution < -0.4 is 14.2 Å². The summed E-state index contributed by atoms with van der Waals surface area (Å²) in [6.45, 7) is -2.51. The number of benzene rings is 2. The molecule has 0 heterocycles. The molecular formula is C18H18F3NO4. The molecular weight excluding hydrogens is 351 g/mol. The van der Waals surface area contributed by atoms with Crippen LogP contribution in [0, 0.1) is 5.82 Å². The first kappa shape index (κ1) is 19.4. The van der Waals surface area contributed by atoms with Crippen molar-refractivity contribution < 1.29 is 32.2 Å². The predicted molar refractivity (Wildman–Crippen MR) is 88.5 cm³/mol. The zero-order valence-corrected chi connectivity index (χ0v) is 14.2. The minimum Gasteiger partial charge on any atom is -0.493 e. The summed E-state index contributed by atoms with van der Waals surface area (Å²) in [6, 6.07) is 9.49. The van der Waals surface area contributed by atoms with Gasteiger partial charge in [-0.25, -0.2) is 4.39 Å². The first-order valence-corrected chi connectivity index (χ1v) is 7.67. The second-order valence-electron chi connectivity index (χ2n) is 5.27. The second-order valence-corrected chi connectivity index (χ2v) is 5.27. The number of carbonyl (C=O) groups excluding carboxylic acids is 1.